The van der Waals surface area contributed by atoms with E-state index in [9.17, 15) is 8.78 Å². The standard InChI is InChI=1S/C13H11BrF2N2O/c1-19-12-3-2-8(6-9(12)14)18-13-10(15)4-7(17)5-11(13)16/h2-6,18H,17H2,1H3. The van der Waals surface area contributed by atoms with Gasteiger partial charge >= 0.3 is 0 Å². The van der Waals surface area contributed by atoms with Crippen molar-refractivity contribution in [2.45, 2.75) is 0 Å². The fourth-order valence-electron chi connectivity index (χ4n) is 1.60. The molecule has 0 saturated carbocycles. The van der Waals surface area contributed by atoms with Crippen molar-refractivity contribution < 1.29 is 13.5 Å². The summed E-state index contributed by atoms with van der Waals surface area (Å²) in [6, 6.07) is 7.11. The number of anilines is 3. The summed E-state index contributed by atoms with van der Waals surface area (Å²) in [5.74, 6) is -0.863. The Labute approximate surface area is 117 Å². The van der Waals surface area contributed by atoms with E-state index in [4.69, 9.17) is 10.5 Å². The maximum Gasteiger partial charge on any atom is 0.151 e. The van der Waals surface area contributed by atoms with Crippen LogP contribution in [0.1, 0.15) is 0 Å². The van der Waals surface area contributed by atoms with Crippen molar-refractivity contribution in [1.82, 2.24) is 0 Å². The van der Waals surface area contributed by atoms with E-state index < -0.39 is 11.6 Å². The van der Waals surface area contributed by atoms with E-state index in [1.807, 2.05) is 0 Å². The van der Waals surface area contributed by atoms with Crippen LogP contribution in [0.3, 0.4) is 0 Å². The molecule has 0 fully saturated rings. The van der Waals surface area contributed by atoms with Crippen LogP contribution in [0.25, 0.3) is 0 Å². The van der Waals surface area contributed by atoms with E-state index in [1.165, 1.54) is 7.11 Å². The molecular formula is C13H11BrF2N2O. The van der Waals surface area contributed by atoms with Crippen LogP contribution in [0.5, 0.6) is 5.75 Å². The summed E-state index contributed by atoms with van der Waals surface area (Å²) < 4.78 is 33.0. The topological polar surface area (TPSA) is 47.3 Å². The van der Waals surface area contributed by atoms with Gasteiger partial charge in [-0.3, -0.25) is 0 Å². The van der Waals surface area contributed by atoms with E-state index in [-0.39, 0.29) is 11.4 Å². The molecule has 0 unspecified atom stereocenters. The number of nitrogens with one attached hydrogen (secondary N) is 1. The third kappa shape index (κ3) is 2.96. The Morgan fingerprint density at radius 3 is 2.32 bits per heavy atom. The summed E-state index contributed by atoms with van der Waals surface area (Å²) >= 11 is 3.30. The molecule has 0 bridgehead atoms. The summed E-state index contributed by atoms with van der Waals surface area (Å²) in [4.78, 5) is 0. The Morgan fingerprint density at radius 2 is 1.79 bits per heavy atom. The summed E-state index contributed by atoms with van der Waals surface area (Å²) in [6.45, 7) is 0. The Balaban J connectivity index is 2.34. The number of hydrogen-bond acceptors (Lipinski definition) is 3. The SMILES string of the molecule is COc1ccc(Nc2c(F)cc(N)cc2F)cc1Br. The molecule has 0 spiro atoms. The molecule has 2 aromatic rings. The highest BCUT2D eigenvalue weighted by atomic mass is 79.9. The molecule has 6 heteroatoms. The summed E-state index contributed by atoms with van der Waals surface area (Å²) in [7, 11) is 1.53. The van der Waals surface area contributed by atoms with Gasteiger partial charge in [0.25, 0.3) is 0 Å². The highest BCUT2D eigenvalue weighted by molar-refractivity contribution is 9.10. The second-order valence-electron chi connectivity index (χ2n) is 3.83. The molecule has 0 saturated heterocycles. The highest BCUT2D eigenvalue weighted by Gasteiger charge is 2.11. The van der Waals surface area contributed by atoms with Crippen LogP contribution in [0.2, 0.25) is 0 Å². The summed E-state index contributed by atoms with van der Waals surface area (Å²) in [5, 5.41) is 2.67. The average molecular weight is 329 g/mol. The molecule has 0 heterocycles. The van der Waals surface area contributed by atoms with Crippen LogP contribution in [-0.2, 0) is 0 Å². The second kappa shape index (κ2) is 5.44. The van der Waals surface area contributed by atoms with E-state index in [0.717, 1.165) is 12.1 Å². The highest BCUT2D eigenvalue weighted by Crippen LogP contribution is 2.31. The zero-order valence-corrected chi connectivity index (χ0v) is 11.6. The molecule has 0 radical (unpaired) electrons. The number of nitrogens with two attached hydrogens (primary N) is 1. The molecule has 3 nitrogen and oxygen atoms in total. The monoisotopic (exact) mass is 328 g/mol. The molecule has 0 aliphatic heterocycles. The largest absolute Gasteiger partial charge is 0.496 e. The minimum absolute atomic E-state index is 0.0384. The lowest BCUT2D eigenvalue weighted by Crippen LogP contribution is -1.99. The lowest BCUT2D eigenvalue weighted by atomic mass is 10.2. The molecular weight excluding hydrogens is 318 g/mol. The number of halogens is 3. The summed E-state index contributed by atoms with van der Waals surface area (Å²) in [5.41, 5.74) is 5.67. The van der Waals surface area contributed by atoms with Gasteiger partial charge in [-0.05, 0) is 46.3 Å². The van der Waals surface area contributed by atoms with Crippen LogP contribution in [0.15, 0.2) is 34.8 Å². The lowest BCUT2D eigenvalue weighted by molar-refractivity contribution is 0.412. The van der Waals surface area contributed by atoms with Gasteiger partial charge in [0.2, 0.25) is 0 Å². The Morgan fingerprint density at radius 1 is 1.16 bits per heavy atom. The maximum atomic E-state index is 13.6. The molecule has 0 aliphatic rings. The van der Waals surface area contributed by atoms with Gasteiger partial charge in [-0.25, -0.2) is 8.78 Å². The van der Waals surface area contributed by atoms with Crippen molar-refractivity contribution in [1.29, 1.82) is 0 Å². The molecule has 3 N–H and O–H groups in total. The number of nitrogen functional groups attached to an aromatic ring is 1. The van der Waals surface area contributed by atoms with Crippen molar-refractivity contribution in [2.24, 2.45) is 0 Å². The lowest BCUT2D eigenvalue weighted by Gasteiger charge is -2.11. The Hall–Kier alpha value is -1.82. The third-order valence-electron chi connectivity index (χ3n) is 2.49. The zero-order chi connectivity index (χ0) is 14.0. The van der Waals surface area contributed by atoms with E-state index in [2.05, 4.69) is 21.2 Å². The van der Waals surface area contributed by atoms with E-state index in [1.54, 1.807) is 18.2 Å². The van der Waals surface area contributed by atoms with Gasteiger partial charge in [-0.15, -0.1) is 0 Å². The van der Waals surface area contributed by atoms with Crippen molar-refractivity contribution in [3.8, 4) is 5.75 Å². The predicted molar refractivity (Wildman–Crippen MR) is 74.7 cm³/mol. The zero-order valence-electron chi connectivity index (χ0n) is 10.0. The molecule has 2 rings (SSSR count). The molecule has 19 heavy (non-hydrogen) atoms. The Bertz CT molecular complexity index is 597. The molecule has 0 atom stereocenters. The van der Waals surface area contributed by atoms with Gasteiger partial charge in [-0.2, -0.15) is 0 Å². The number of methoxy groups -OCH3 is 1. The molecule has 0 aliphatic carbocycles. The van der Waals surface area contributed by atoms with Crippen LogP contribution >= 0.6 is 15.9 Å². The first-order chi connectivity index (χ1) is 9.01. The minimum Gasteiger partial charge on any atom is -0.496 e. The van der Waals surface area contributed by atoms with Crippen molar-refractivity contribution in [3.63, 3.8) is 0 Å². The van der Waals surface area contributed by atoms with Crippen molar-refractivity contribution in [3.05, 3.63) is 46.4 Å². The van der Waals surface area contributed by atoms with Crippen molar-refractivity contribution in [2.75, 3.05) is 18.2 Å². The first-order valence-corrected chi connectivity index (χ1v) is 6.15. The van der Waals surface area contributed by atoms with Gasteiger partial charge in [0, 0.05) is 11.4 Å². The number of rotatable bonds is 3. The Kier molecular flexibility index (Phi) is 3.90. The third-order valence-corrected chi connectivity index (χ3v) is 3.11. The van der Waals surface area contributed by atoms with Crippen LogP contribution in [-0.4, -0.2) is 7.11 Å². The molecule has 100 valence electrons. The average Bonchev–Trinajstić information content (AvgIpc) is 2.34. The van der Waals surface area contributed by atoms with Crippen LogP contribution < -0.4 is 15.8 Å². The molecule has 2 aromatic carbocycles. The second-order valence-corrected chi connectivity index (χ2v) is 4.69. The number of ether oxygens (including phenoxy) is 1. The molecule has 0 amide bonds. The van der Waals surface area contributed by atoms with Crippen molar-refractivity contribution >= 4 is 33.0 Å². The fourth-order valence-corrected chi connectivity index (χ4v) is 2.14. The minimum atomic E-state index is -0.746. The van der Waals surface area contributed by atoms with E-state index in [0.29, 0.717) is 15.9 Å². The fraction of sp³-hybridized carbons (Fsp3) is 0.0769. The van der Waals surface area contributed by atoms with Gasteiger partial charge in [0.15, 0.2) is 11.6 Å². The van der Waals surface area contributed by atoms with Gasteiger partial charge in [0.1, 0.15) is 11.4 Å². The summed E-state index contributed by atoms with van der Waals surface area (Å²) in [6.07, 6.45) is 0. The molecule has 0 aromatic heterocycles. The van der Waals surface area contributed by atoms with Crippen LogP contribution in [0, 0.1) is 11.6 Å². The number of benzene rings is 2. The normalized spacial score (nSPS) is 10.3. The first kappa shape index (κ1) is 13.6. The number of hydrogen-bond donors (Lipinski definition) is 2. The smallest absolute Gasteiger partial charge is 0.151 e. The predicted octanol–water partition coefficient (Wildman–Crippen LogP) is 4.06. The first-order valence-electron chi connectivity index (χ1n) is 5.36. The van der Waals surface area contributed by atoms with Crippen LogP contribution in [0.4, 0.5) is 25.8 Å². The van der Waals surface area contributed by atoms with Gasteiger partial charge in [0.05, 0.1) is 11.6 Å². The maximum absolute atomic E-state index is 13.6. The van der Waals surface area contributed by atoms with Gasteiger partial charge < -0.3 is 15.8 Å². The quantitative estimate of drug-likeness (QED) is 0.835. The van der Waals surface area contributed by atoms with E-state index >= 15 is 0 Å². The van der Waals surface area contributed by atoms with Gasteiger partial charge in [-0.1, -0.05) is 0 Å².